The van der Waals surface area contributed by atoms with E-state index in [1.165, 1.54) is 0 Å². The predicted octanol–water partition coefficient (Wildman–Crippen LogP) is 2.19. The molecule has 1 aliphatic rings. The Hall–Kier alpha value is -0.790. The maximum absolute atomic E-state index is 9.95. The first kappa shape index (κ1) is 14.3. The third-order valence-electron chi connectivity index (χ3n) is 1.95. The number of fused-ring (bicyclic) bond motifs is 1. The molecule has 1 aromatic heterocycles. The molecule has 0 saturated carbocycles. The van der Waals surface area contributed by atoms with Gasteiger partial charge in [0.1, 0.15) is 13.2 Å². The van der Waals surface area contributed by atoms with Gasteiger partial charge in [0.25, 0.3) is 10.1 Å². The van der Waals surface area contributed by atoms with Crippen molar-refractivity contribution < 1.29 is 22.4 Å². The third-order valence-corrected chi connectivity index (χ3v) is 3.45. The maximum atomic E-state index is 9.95. The summed E-state index contributed by atoms with van der Waals surface area (Å²) in [7, 11) is -3.69. The molecule has 1 aromatic rings. The van der Waals surface area contributed by atoms with Crippen molar-refractivity contribution in [2.75, 3.05) is 19.0 Å². The van der Waals surface area contributed by atoms with Crippen molar-refractivity contribution in [1.82, 2.24) is 0 Å². The van der Waals surface area contributed by atoms with Gasteiger partial charge in [0.05, 0.1) is 5.75 Å². The first-order valence-electron chi connectivity index (χ1n) is 5.30. The minimum Gasteiger partial charge on any atom is -0.485 e. The summed E-state index contributed by atoms with van der Waals surface area (Å²) in [6.45, 7) is 3.23. The molecule has 2 rings (SSSR count). The predicted molar refractivity (Wildman–Crippen MR) is 66.6 cm³/mol. The van der Waals surface area contributed by atoms with Crippen LogP contribution in [0.2, 0.25) is 0 Å². The van der Waals surface area contributed by atoms with E-state index in [-0.39, 0.29) is 5.75 Å². The highest BCUT2D eigenvalue weighted by atomic mass is 32.2. The van der Waals surface area contributed by atoms with E-state index in [9.17, 15) is 8.42 Å². The van der Waals surface area contributed by atoms with Crippen molar-refractivity contribution in [3.8, 4) is 11.5 Å². The maximum Gasteiger partial charge on any atom is 0.264 e. The second-order valence-corrected chi connectivity index (χ2v) is 5.75. The van der Waals surface area contributed by atoms with E-state index in [0.717, 1.165) is 17.9 Å². The van der Waals surface area contributed by atoms with Crippen LogP contribution >= 0.6 is 11.3 Å². The van der Waals surface area contributed by atoms with E-state index < -0.39 is 10.1 Å². The summed E-state index contributed by atoms with van der Waals surface area (Å²) in [5, 5.41) is 3.91. The number of ether oxygens (including phenoxy) is 2. The normalized spacial score (nSPS) is 13.8. The fourth-order valence-electron chi connectivity index (χ4n) is 1.11. The van der Waals surface area contributed by atoms with E-state index in [0.29, 0.717) is 19.6 Å². The quantitative estimate of drug-likeness (QED) is 0.859. The minimum absolute atomic E-state index is 0.108. The van der Waals surface area contributed by atoms with Crippen LogP contribution in [0.1, 0.15) is 19.8 Å². The van der Waals surface area contributed by atoms with Gasteiger partial charge < -0.3 is 9.47 Å². The van der Waals surface area contributed by atoms with Gasteiger partial charge in [0.15, 0.2) is 11.5 Å². The van der Waals surface area contributed by atoms with Gasteiger partial charge in [-0.25, -0.2) is 0 Å². The van der Waals surface area contributed by atoms with Gasteiger partial charge in [-0.15, -0.1) is 11.3 Å². The van der Waals surface area contributed by atoms with E-state index in [2.05, 4.69) is 0 Å². The van der Waals surface area contributed by atoms with Crippen LogP contribution in [0, 0.1) is 0 Å². The van der Waals surface area contributed by atoms with Gasteiger partial charge in [0.2, 0.25) is 0 Å². The molecule has 7 heteroatoms. The fourth-order valence-corrected chi connectivity index (χ4v) is 2.45. The summed E-state index contributed by atoms with van der Waals surface area (Å²) in [6, 6.07) is 0. The van der Waals surface area contributed by atoms with Crippen LogP contribution < -0.4 is 9.47 Å². The Morgan fingerprint density at radius 3 is 2.18 bits per heavy atom. The van der Waals surface area contributed by atoms with Crippen molar-refractivity contribution in [1.29, 1.82) is 0 Å². The summed E-state index contributed by atoms with van der Waals surface area (Å²) < 4.78 is 38.5. The van der Waals surface area contributed by atoms with E-state index in [4.69, 9.17) is 14.0 Å². The van der Waals surface area contributed by atoms with Crippen molar-refractivity contribution in [2.24, 2.45) is 0 Å². The van der Waals surface area contributed by atoms with Gasteiger partial charge in [-0.3, -0.25) is 4.55 Å². The van der Waals surface area contributed by atoms with E-state index in [1.54, 1.807) is 11.3 Å². The highest BCUT2D eigenvalue weighted by molar-refractivity contribution is 7.85. The molecule has 0 amide bonds. The van der Waals surface area contributed by atoms with Crippen LogP contribution in [0.15, 0.2) is 10.8 Å². The summed E-state index contributed by atoms with van der Waals surface area (Å²) in [5.74, 6) is 1.68. The average Bonchev–Trinajstić information content (AvgIpc) is 2.74. The van der Waals surface area contributed by atoms with Gasteiger partial charge in [-0.2, -0.15) is 8.42 Å². The lowest BCUT2D eigenvalue weighted by molar-refractivity contribution is 0.173. The Kier molecular flexibility index (Phi) is 5.73. The molecule has 0 unspecified atom stereocenters. The summed E-state index contributed by atoms with van der Waals surface area (Å²) >= 11 is 1.61. The number of rotatable bonds is 3. The third kappa shape index (κ3) is 5.90. The summed E-state index contributed by atoms with van der Waals surface area (Å²) in [5.41, 5.74) is 0. The second kappa shape index (κ2) is 6.83. The molecule has 0 spiro atoms. The van der Waals surface area contributed by atoms with Crippen LogP contribution in [0.4, 0.5) is 0 Å². The van der Waals surface area contributed by atoms with E-state index >= 15 is 0 Å². The molecule has 0 aliphatic carbocycles. The molecule has 1 aliphatic heterocycles. The van der Waals surface area contributed by atoms with Crippen LogP contribution in [-0.2, 0) is 10.1 Å². The van der Waals surface area contributed by atoms with Gasteiger partial charge in [-0.05, 0) is 6.42 Å². The lowest BCUT2D eigenvalue weighted by Gasteiger charge is -2.13. The topological polar surface area (TPSA) is 72.8 Å². The summed E-state index contributed by atoms with van der Waals surface area (Å²) in [6.07, 6.45) is 1.33. The Balaban J connectivity index is 0.000000172. The summed E-state index contributed by atoms with van der Waals surface area (Å²) in [4.78, 5) is 0. The molecule has 17 heavy (non-hydrogen) atoms. The Morgan fingerprint density at radius 2 is 1.82 bits per heavy atom. The van der Waals surface area contributed by atoms with Crippen molar-refractivity contribution in [2.45, 2.75) is 19.8 Å². The van der Waals surface area contributed by atoms with Gasteiger partial charge >= 0.3 is 0 Å². The number of hydrogen-bond acceptors (Lipinski definition) is 5. The molecule has 2 heterocycles. The first-order valence-corrected chi connectivity index (χ1v) is 7.85. The van der Waals surface area contributed by atoms with Crippen LogP contribution in [0.5, 0.6) is 11.5 Å². The standard InChI is InChI=1S/C6H6O2S.C4H10O3S/c1-2-8-6-4-9-3-5(6)7-1;1-2-3-4-8(5,6)7/h3-4H,1-2H2;2-4H2,1H3,(H,5,6,7). The van der Waals surface area contributed by atoms with Crippen molar-refractivity contribution in [3.63, 3.8) is 0 Å². The lowest BCUT2D eigenvalue weighted by atomic mass is 10.4. The van der Waals surface area contributed by atoms with Gasteiger partial charge in [-0.1, -0.05) is 13.3 Å². The first-order chi connectivity index (χ1) is 8.03. The van der Waals surface area contributed by atoms with Crippen molar-refractivity contribution >= 4 is 21.5 Å². The van der Waals surface area contributed by atoms with Crippen LogP contribution in [0.3, 0.4) is 0 Å². The molecule has 0 saturated heterocycles. The molecule has 0 atom stereocenters. The van der Waals surface area contributed by atoms with Gasteiger partial charge in [0, 0.05) is 10.8 Å². The SMILES string of the molecule is CCCCS(=O)(=O)O.c1scc2c1OCCO2. The van der Waals surface area contributed by atoms with E-state index in [1.807, 2.05) is 17.7 Å². The fraction of sp³-hybridized carbons (Fsp3) is 0.600. The molecule has 0 radical (unpaired) electrons. The average molecular weight is 280 g/mol. The molecule has 1 N–H and O–H groups in total. The monoisotopic (exact) mass is 280 g/mol. The molecular weight excluding hydrogens is 264 g/mol. The Morgan fingerprint density at radius 1 is 1.29 bits per heavy atom. The second-order valence-electron chi connectivity index (χ2n) is 3.44. The van der Waals surface area contributed by atoms with Crippen LogP contribution in [0.25, 0.3) is 0 Å². The molecule has 0 aromatic carbocycles. The molecular formula is C10H16O5S2. The smallest absolute Gasteiger partial charge is 0.264 e. The number of thiophene rings is 1. The lowest BCUT2D eigenvalue weighted by Crippen LogP contribution is -2.13. The zero-order valence-electron chi connectivity index (χ0n) is 9.59. The Bertz CT molecular complexity index is 403. The molecule has 0 fully saturated rings. The number of unbranched alkanes of at least 4 members (excludes halogenated alkanes) is 1. The molecule has 98 valence electrons. The molecule has 0 bridgehead atoms. The Labute approximate surface area is 105 Å². The zero-order chi connectivity index (χ0) is 12.7. The highest BCUT2D eigenvalue weighted by Crippen LogP contribution is 2.33. The largest absolute Gasteiger partial charge is 0.485 e. The molecule has 5 nitrogen and oxygen atoms in total. The van der Waals surface area contributed by atoms with Crippen LogP contribution in [-0.4, -0.2) is 31.9 Å². The number of hydrogen-bond donors (Lipinski definition) is 1. The zero-order valence-corrected chi connectivity index (χ0v) is 11.2. The highest BCUT2D eigenvalue weighted by Gasteiger charge is 2.10. The minimum atomic E-state index is -3.69. The van der Waals surface area contributed by atoms with Crippen molar-refractivity contribution in [3.05, 3.63) is 10.8 Å².